The minimum atomic E-state index is -0.726. The molecule has 0 radical (unpaired) electrons. The van der Waals surface area contributed by atoms with Crippen LogP contribution in [0.2, 0.25) is 0 Å². The predicted octanol–water partition coefficient (Wildman–Crippen LogP) is 0.732. The third-order valence-electron chi connectivity index (χ3n) is 3.91. The lowest BCUT2D eigenvalue weighted by molar-refractivity contribution is -0.202. The highest BCUT2D eigenvalue weighted by Crippen LogP contribution is 2.48. The summed E-state index contributed by atoms with van der Waals surface area (Å²) in [6, 6.07) is 0. The summed E-state index contributed by atoms with van der Waals surface area (Å²) in [4.78, 5) is 11.7. The largest absolute Gasteiger partial charge is 0.368 e. The van der Waals surface area contributed by atoms with Gasteiger partial charge in [-0.15, -0.1) is 0 Å². The maximum absolute atomic E-state index is 11.7. The Morgan fingerprint density at radius 1 is 1.29 bits per heavy atom. The Bertz CT molecular complexity index is 297. The zero-order chi connectivity index (χ0) is 9.71. The lowest BCUT2D eigenvalue weighted by Crippen LogP contribution is -2.52. The van der Waals surface area contributed by atoms with Crippen LogP contribution in [-0.2, 0) is 9.53 Å². The zero-order valence-corrected chi connectivity index (χ0v) is 7.93. The number of ether oxygens (including phenoxy) is 1. The molecule has 4 rings (SSSR count). The summed E-state index contributed by atoms with van der Waals surface area (Å²) in [6.45, 7) is 0.0966. The van der Waals surface area contributed by atoms with Crippen LogP contribution in [0, 0.1) is 23.7 Å². The highest BCUT2D eigenvalue weighted by atomic mass is 16.6. The zero-order valence-electron chi connectivity index (χ0n) is 7.93. The second kappa shape index (κ2) is 2.91. The number of aliphatic hydroxyl groups is 1. The summed E-state index contributed by atoms with van der Waals surface area (Å²) >= 11 is 0. The molecule has 2 bridgehead atoms. The first-order chi connectivity index (χ1) is 6.77. The minimum absolute atomic E-state index is 0.0278. The van der Waals surface area contributed by atoms with Crippen LogP contribution in [0.3, 0.4) is 0 Å². The van der Waals surface area contributed by atoms with E-state index in [0.29, 0.717) is 11.8 Å². The number of carbonyl (C=O) groups is 1. The number of hydrogen-bond acceptors (Lipinski definition) is 3. The fourth-order valence-electron chi connectivity index (χ4n) is 3.25. The van der Waals surface area contributed by atoms with Gasteiger partial charge in [0, 0.05) is 11.8 Å². The number of Topliss-reactive ketones (excluding diaryl/α,β-unsaturated/α-hetero) is 1. The molecule has 0 amide bonds. The van der Waals surface area contributed by atoms with Crippen molar-refractivity contribution in [1.29, 1.82) is 0 Å². The molecule has 3 aliphatic carbocycles. The quantitative estimate of drug-likeness (QED) is 0.578. The van der Waals surface area contributed by atoms with Crippen LogP contribution >= 0.6 is 0 Å². The predicted molar refractivity (Wildman–Crippen MR) is 49.3 cm³/mol. The molecule has 0 aromatic carbocycles. The average Bonchev–Trinajstić information content (AvgIpc) is 2.25. The van der Waals surface area contributed by atoms with Crippen LogP contribution in [0.1, 0.15) is 12.8 Å². The molecule has 3 heteroatoms. The Hall–Kier alpha value is -0.670. The monoisotopic (exact) mass is 194 g/mol. The van der Waals surface area contributed by atoms with Crippen LogP contribution < -0.4 is 0 Å². The van der Waals surface area contributed by atoms with Gasteiger partial charge in [0.1, 0.15) is 6.61 Å². The fourth-order valence-corrected chi connectivity index (χ4v) is 3.25. The van der Waals surface area contributed by atoms with Crippen molar-refractivity contribution in [3.8, 4) is 0 Å². The van der Waals surface area contributed by atoms with Gasteiger partial charge in [0.25, 0.3) is 0 Å². The second-order valence-electron chi connectivity index (χ2n) is 4.56. The number of fused-ring (bicyclic) bond motifs is 1. The molecule has 5 unspecified atom stereocenters. The van der Waals surface area contributed by atoms with Crippen LogP contribution in [0.25, 0.3) is 0 Å². The summed E-state index contributed by atoms with van der Waals surface area (Å²) in [5.41, 5.74) is 0. The Morgan fingerprint density at radius 2 is 2.00 bits per heavy atom. The molecule has 3 nitrogen and oxygen atoms in total. The van der Waals surface area contributed by atoms with E-state index < -0.39 is 6.29 Å². The number of carbonyl (C=O) groups excluding carboxylic acids is 1. The molecule has 0 aromatic heterocycles. The van der Waals surface area contributed by atoms with E-state index in [1.807, 2.05) is 0 Å². The second-order valence-corrected chi connectivity index (χ2v) is 4.56. The van der Waals surface area contributed by atoms with Crippen molar-refractivity contribution in [3.63, 3.8) is 0 Å². The summed E-state index contributed by atoms with van der Waals surface area (Å²) in [6.07, 6.45) is 5.78. The summed E-state index contributed by atoms with van der Waals surface area (Å²) < 4.78 is 5.08. The van der Waals surface area contributed by atoms with Crippen molar-refractivity contribution < 1.29 is 14.6 Å². The van der Waals surface area contributed by atoms with E-state index in [2.05, 4.69) is 12.2 Å². The number of allylic oxidation sites excluding steroid dienone is 2. The number of ketones is 1. The van der Waals surface area contributed by atoms with E-state index in [0.717, 1.165) is 12.8 Å². The molecule has 4 aliphatic rings. The van der Waals surface area contributed by atoms with Crippen molar-refractivity contribution in [2.75, 3.05) is 6.61 Å². The summed E-state index contributed by atoms with van der Waals surface area (Å²) in [5.74, 6) is 0.946. The third kappa shape index (κ3) is 1.03. The van der Waals surface area contributed by atoms with Crippen molar-refractivity contribution >= 4 is 5.78 Å². The molecular formula is C11H14O3. The summed E-state index contributed by atoms with van der Waals surface area (Å²) in [7, 11) is 0. The maximum atomic E-state index is 11.7. The SMILES string of the molecule is O=C1COC(O)C2C3C=CC(CC3)C12. The van der Waals surface area contributed by atoms with Crippen LogP contribution in [0.4, 0.5) is 0 Å². The maximum Gasteiger partial charge on any atom is 0.162 e. The Labute approximate surface area is 82.8 Å². The van der Waals surface area contributed by atoms with Gasteiger partial charge in [-0.25, -0.2) is 0 Å². The van der Waals surface area contributed by atoms with Gasteiger partial charge in [-0.1, -0.05) is 12.2 Å². The standard InChI is InChI=1S/C11H14O3/c12-8-5-14-11(13)10-7-3-1-6(2-4-7)9(8)10/h1,3,6-7,9-11,13H,2,4-5H2. The Morgan fingerprint density at radius 3 is 2.64 bits per heavy atom. The smallest absolute Gasteiger partial charge is 0.162 e. The Balaban J connectivity index is 1.98. The van der Waals surface area contributed by atoms with Gasteiger partial charge in [-0.2, -0.15) is 0 Å². The minimum Gasteiger partial charge on any atom is -0.368 e. The van der Waals surface area contributed by atoms with Gasteiger partial charge in [-0.3, -0.25) is 4.79 Å². The lowest BCUT2D eigenvalue weighted by atomic mass is 9.60. The third-order valence-corrected chi connectivity index (χ3v) is 3.91. The fraction of sp³-hybridized carbons (Fsp3) is 0.727. The van der Waals surface area contributed by atoms with Crippen molar-refractivity contribution in [3.05, 3.63) is 12.2 Å². The van der Waals surface area contributed by atoms with E-state index in [1.165, 1.54) is 0 Å². The lowest BCUT2D eigenvalue weighted by Gasteiger charge is -2.48. The summed E-state index contributed by atoms with van der Waals surface area (Å²) in [5, 5.41) is 9.74. The molecule has 1 saturated heterocycles. The van der Waals surface area contributed by atoms with Crippen LogP contribution in [0.15, 0.2) is 12.2 Å². The average molecular weight is 194 g/mol. The van der Waals surface area contributed by atoms with E-state index in [9.17, 15) is 9.90 Å². The molecule has 0 aromatic rings. The van der Waals surface area contributed by atoms with Gasteiger partial charge in [0.2, 0.25) is 0 Å². The molecule has 1 N–H and O–H groups in total. The van der Waals surface area contributed by atoms with E-state index in [-0.39, 0.29) is 24.2 Å². The van der Waals surface area contributed by atoms with Crippen molar-refractivity contribution in [2.24, 2.45) is 23.7 Å². The van der Waals surface area contributed by atoms with Gasteiger partial charge in [-0.05, 0) is 24.7 Å². The van der Waals surface area contributed by atoms with E-state index in [1.54, 1.807) is 0 Å². The van der Waals surface area contributed by atoms with Crippen molar-refractivity contribution in [2.45, 2.75) is 19.1 Å². The van der Waals surface area contributed by atoms with Crippen LogP contribution in [0.5, 0.6) is 0 Å². The van der Waals surface area contributed by atoms with Gasteiger partial charge in [0.15, 0.2) is 12.1 Å². The van der Waals surface area contributed by atoms with E-state index in [4.69, 9.17) is 4.74 Å². The number of rotatable bonds is 0. The van der Waals surface area contributed by atoms with Gasteiger partial charge >= 0.3 is 0 Å². The molecule has 14 heavy (non-hydrogen) atoms. The highest BCUT2D eigenvalue weighted by Gasteiger charge is 2.50. The molecule has 5 atom stereocenters. The molecular weight excluding hydrogens is 180 g/mol. The molecule has 1 aliphatic heterocycles. The first kappa shape index (κ1) is 8.62. The molecule has 1 heterocycles. The Kier molecular flexibility index (Phi) is 1.79. The highest BCUT2D eigenvalue weighted by molar-refractivity contribution is 5.84. The number of aliphatic hydroxyl groups excluding tert-OH is 1. The molecule has 0 spiro atoms. The van der Waals surface area contributed by atoms with Crippen LogP contribution in [-0.4, -0.2) is 23.8 Å². The number of hydrogen-bond donors (Lipinski definition) is 1. The van der Waals surface area contributed by atoms with Crippen molar-refractivity contribution in [1.82, 2.24) is 0 Å². The topological polar surface area (TPSA) is 46.5 Å². The van der Waals surface area contributed by atoms with Gasteiger partial charge < -0.3 is 9.84 Å². The first-order valence-electron chi connectivity index (χ1n) is 5.28. The van der Waals surface area contributed by atoms with Gasteiger partial charge in [0.05, 0.1) is 0 Å². The normalized spacial score (nSPS) is 50.6. The molecule has 2 fully saturated rings. The molecule has 76 valence electrons. The van der Waals surface area contributed by atoms with E-state index >= 15 is 0 Å². The molecule has 1 saturated carbocycles. The first-order valence-corrected chi connectivity index (χ1v) is 5.28.